The Morgan fingerprint density at radius 3 is 2.27 bits per heavy atom. The number of unbranched alkanes of at least 4 members (excludes halogenated alkanes) is 7. The van der Waals surface area contributed by atoms with Gasteiger partial charge in [0.15, 0.2) is 0 Å². The van der Waals surface area contributed by atoms with Crippen LogP contribution in [0.15, 0.2) is 30.3 Å². The quantitative estimate of drug-likeness (QED) is 0.354. The summed E-state index contributed by atoms with van der Waals surface area (Å²) in [6.45, 7) is 3.87. The molecule has 0 aromatic heterocycles. The van der Waals surface area contributed by atoms with Crippen LogP contribution in [0.5, 0.6) is 0 Å². The van der Waals surface area contributed by atoms with E-state index in [0.29, 0.717) is 18.8 Å². The average molecular weight is 304 g/mol. The lowest BCUT2D eigenvalue weighted by Gasteiger charge is -2.16. The second-order valence-electron chi connectivity index (χ2n) is 6.47. The predicted molar refractivity (Wildman–Crippen MR) is 92.0 cm³/mol. The molecule has 0 aliphatic carbocycles. The van der Waals surface area contributed by atoms with E-state index < -0.39 is 0 Å². The molecule has 2 nitrogen and oxygen atoms in total. The lowest BCUT2D eigenvalue weighted by Crippen LogP contribution is -2.19. The molecule has 0 amide bonds. The molecule has 1 aromatic carbocycles. The third-order valence-electron chi connectivity index (χ3n) is 4.42. The van der Waals surface area contributed by atoms with Crippen molar-refractivity contribution < 1.29 is 9.47 Å². The molecule has 0 radical (unpaired) electrons. The summed E-state index contributed by atoms with van der Waals surface area (Å²) in [5.74, 6) is 0. The first-order valence-electron chi connectivity index (χ1n) is 9.17. The van der Waals surface area contributed by atoms with Gasteiger partial charge in [0.25, 0.3) is 0 Å². The van der Waals surface area contributed by atoms with Crippen LogP contribution in [0.25, 0.3) is 0 Å². The molecular formula is C20H32O2. The fourth-order valence-corrected chi connectivity index (χ4v) is 2.90. The van der Waals surface area contributed by atoms with Gasteiger partial charge in [0, 0.05) is 0 Å². The van der Waals surface area contributed by atoms with Crippen molar-refractivity contribution in [2.24, 2.45) is 0 Å². The molecule has 1 saturated heterocycles. The van der Waals surface area contributed by atoms with Crippen molar-refractivity contribution in [3.8, 4) is 0 Å². The zero-order chi connectivity index (χ0) is 15.5. The Morgan fingerprint density at radius 2 is 1.64 bits per heavy atom. The first kappa shape index (κ1) is 17.5. The van der Waals surface area contributed by atoms with E-state index in [2.05, 4.69) is 31.2 Å². The van der Waals surface area contributed by atoms with Crippen LogP contribution in [0.1, 0.15) is 70.3 Å². The van der Waals surface area contributed by atoms with Gasteiger partial charge in [-0.25, -0.2) is 0 Å². The molecule has 0 unspecified atom stereocenters. The van der Waals surface area contributed by atoms with Gasteiger partial charge in [-0.15, -0.1) is 0 Å². The topological polar surface area (TPSA) is 21.8 Å². The summed E-state index contributed by atoms with van der Waals surface area (Å²) < 4.78 is 11.5. The van der Waals surface area contributed by atoms with Crippen molar-refractivity contribution in [3.05, 3.63) is 35.9 Å². The molecule has 22 heavy (non-hydrogen) atoms. The van der Waals surface area contributed by atoms with E-state index in [-0.39, 0.29) is 0 Å². The number of hydrogen-bond donors (Lipinski definition) is 0. The maximum absolute atomic E-state index is 6.09. The molecule has 2 atom stereocenters. The summed E-state index contributed by atoms with van der Waals surface area (Å²) in [6.07, 6.45) is 12.7. The fraction of sp³-hybridized carbons (Fsp3) is 0.700. The Labute approximate surface area is 136 Å². The van der Waals surface area contributed by atoms with E-state index in [1.54, 1.807) is 0 Å². The fourth-order valence-electron chi connectivity index (χ4n) is 2.90. The highest BCUT2D eigenvalue weighted by atomic mass is 16.6. The SMILES string of the molecule is CCCCCCCCCC[C@H](OCc1ccccc1)[C@H]1CO1. The standard InChI is InChI=1S/C20H32O2/c1-2-3-4-5-6-7-8-12-15-19(20-17-22-20)21-16-18-13-10-9-11-14-18/h9-11,13-14,19-20H,2-8,12,15-17H2,1H3/t19-,20+/m0/s1. The summed E-state index contributed by atoms with van der Waals surface area (Å²) >= 11 is 0. The maximum Gasteiger partial charge on any atom is 0.107 e. The van der Waals surface area contributed by atoms with Crippen molar-refractivity contribution in [3.63, 3.8) is 0 Å². The highest BCUT2D eigenvalue weighted by molar-refractivity contribution is 5.13. The van der Waals surface area contributed by atoms with Crippen LogP contribution in [0.4, 0.5) is 0 Å². The van der Waals surface area contributed by atoms with Crippen molar-refractivity contribution in [1.82, 2.24) is 0 Å². The largest absolute Gasteiger partial charge is 0.371 e. The Balaban J connectivity index is 1.53. The Kier molecular flexibility index (Phi) is 8.59. The minimum Gasteiger partial charge on any atom is -0.371 e. The minimum atomic E-state index is 0.292. The zero-order valence-electron chi connectivity index (χ0n) is 14.1. The van der Waals surface area contributed by atoms with Gasteiger partial charge >= 0.3 is 0 Å². The van der Waals surface area contributed by atoms with Gasteiger partial charge < -0.3 is 9.47 Å². The second kappa shape index (κ2) is 10.8. The first-order valence-corrected chi connectivity index (χ1v) is 9.17. The molecule has 124 valence electrons. The maximum atomic E-state index is 6.09. The van der Waals surface area contributed by atoms with Crippen LogP contribution < -0.4 is 0 Å². The van der Waals surface area contributed by atoms with Crippen LogP contribution in [0, 0.1) is 0 Å². The smallest absolute Gasteiger partial charge is 0.107 e. The van der Waals surface area contributed by atoms with Gasteiger partial charge in [-0.1, -0.05) is 88.6 Å². The highest BCUT2D eigenvalue weighted by Crippen LogP contribution is 2.23. The molecule has 1 heterocycles. The molecule has 1 aromatic rings. The number of epoxide rings is 1. The first-order chi connectivity index (χ1) is 10.9. The Bertz CT molecular complexity index is 373. The third-order valence-corrected chi connectivity index (χ3v) is 4.42. The number of rotatable bonds is 13. The zero-order valence-corrected chi connectivity index (χ0v) is 14.1. The van der Waals surface area contributed by atoms with Gasteiger partial charge in [0.1, 0.15) is 6.10 Å². The van der Waals surface area contributed by atoms with Crippen LogP contribution in [-0.2, 0) is 16.1 Å². The van der Waals surface area contributed by atoms with E-state index >= 15 is 0 Å². The molecule has 2 heteroatoms. The van der Waals surface area contributed by atoms with E-state index in [1.807, 2.05) is 6.07 Å². The van der Waals surface area contributed by atoms with E-state index in [1.165, 1.54) is 56.9 Å². The Morgan fingerprint density at radius 1 is 1.00 bits per heavy atom. The van der Waals surface area contributed by atoms with Gasteiger partial charge in [0.2, 0.25) is 0 Å². The molecule has 1 fully saturated rings. The highest BCUT2D eigenvalue weighted by Gasteiger charge is 2.33. The monoisotopic (exact) mass is 304 g/mol. The number of ether oxygens (including phenoxy) is 2. The lowest BCUT2D eigenvalue weighted by atomic mass is 10.0. The third kappa shape index (κ3) is 7.42. The summed E-state index contributed by atoms with van der Waals surface area (Å²) in [7, 11) is 0. The van der Waals surface area contributed by atoms with E-state index in [4.69, 9.17) is 9.47 Å². The van der Waals surface area contributed by atoms with Crippen LogP contribution in [0.2, 0.25) is 0 Å². The summed E-state index contributed by atoms with van der Waals surface area (Å²) in [4.78, 5) is 0. The van der Waals surface area contributed by atoms with Gasteiger partial charge in [0.05, 0.1) is 19.3 Å². The van der Waals surface area contributed by atoms with Gasteiger partial charge in [-0.05, 0) is 12.0 Å². The summed E-state index contributed by atoms with van der Waals surface area (Å²) in [5.41, 5.74) is 1.25. The van der Waals surface area contributed by atoms with Crippen molar-refractivity contribution in [2.75, 3.05) is 6.61 Å². The van der Waals surface area contributed by atoms with Crippen LogP contribution >= 0.6 is 0 Å². The van der Waals surface area contributed by atoms with Crippen molar-refractivity contribution >= 4 is 0 Å². The van der Waals surface area contributed by atoms with E-state index in [9.17, 15) is 0 Å². The summed E-state index contributed by atoms with van der Waals surface area (Å²) in [6, 6.07) is 10.4. The average Bonchev–Trinajstić information content (AvgIpc) is 3.38. The number of benzene rings is 1. The number of hydrogen-bond acceptors (Lipinski definition) is 2. The summed E-state index contributed by atoms with van der Waals surface area (Å²) in [5, 5.41) is 0. The molecular weight excluding hydrogens is 272 g/mol. The predicted octanol–water partition coefficient (Wildman–Crippen LogP) is 5.50. The lowest BCUT2D eigenvalue weighted by molar-refractivity contribution is 0.0148. The van der Waals surface area contributed by atoms with E-state index in [0.717, 1.165) is 13.0 Å². The minimum absolute atomic E-state index is 0.292. The molecule has 0 spiro atoms. The normalized spacial score (nSPS) is 18.3. The van der Waals surface area contributed by atoms with Crippen LogP contribution in [0.3, 0.4) is 0 Å². The Hall–Kier alpha value is -0.860. The molecule has 2 rings (SSSR count). The van der Waals surface area contributed by atoms with Crippen LogP contribution in [-0.4, -0.2) is 18.8 Å². The second-order valence-corrected chi connectivity index (χ2v) is 6.47. The van der Waals surface area contributed by atoms with Crippen molar-refractivity contribution in [1.29, 1.82) is 0 Å². The molecule has 0 saturated carbocycles. The van der Waals surface area contributed by atoms with Gasteiger partial charge in [-0.2, -0.15) is 0 Å². The molecule has 0 bridgehead atoms. The molecule has 1 aliphatic rings. The molecule has 1 aliphatic heterocycles. The van der Waals surface area contributed by atoms with Gasteiger partial charge in [-0.3, -0.25) is 0 Å². The van der Waals surface area contributed by atoms with Crippen molar-refractivity contribution in [2.45, 2.75) is 83.5 Å². The molecule has 0 N–H and O–H groups in total.